The molecule has 0 aliphatic rings. The zero-order chi connectivity index (χ0) is 15.2. The fraction of sp³-hybridized carbons (Fsp3) is 0.133. The predicted molar refractivity (Wildman–Crippen MR) is 86.9 cm³/mol. The molecule has 0 atom stereocenters. The van der Waals surface area contributed by atoms with E-state index in [4.69, 9.17) is 5.73 Å². The van der Waals surface area contributed by atoms with Crippen LogP contribution in [0.5, 0.6) is 0 Å². The van der Waals surface area contributed by atoms with E-state index >= 15 is 0 Å². The molecule has 21 heavy (non-hydrogen) atoms. The Morgan fingerprint density at radius 2 is 2.00 bits per heavy atom. The molecule has 108 valence electrons. The second-order valence-electron chi connectivity index (χ2n) is 4.50. The van der Waals surface area contributed by atoms with Crippen molar-refractivity contribution < 1.29 is 4.92 Å². The number of nitrogens with two attached hydrogens (primary N) is 1. The molecule has 0 saturated heterocycles. The van der Waals surface area contributed by atoms with Gasteiger partial charge in [-0.2, -0.15) is 0 Å². The van der Waals surface area contributed by atoms with Crippen molar-refractivity contribution in [3.05, 3.63) is 69.8 Å². The molecule has 0 radical (unpaired) electrons. The molecule has 0 heterocycles. The van der Waals surface area contributed by atoms with Crippen LogP contribution < -0.4 is 5.73 Å². The van der Waals surface area contributed by atoms with Crippen LogP contribution in [0.2, 0.25) is 0 Å². The van der Waals surface area contributed by atoms with Crippen molar-refractivity contribution in [2.45, 2.75) is 12.7 Å². The Labute approximate surface area is 127 Å². The predicted octanol–water partition coefficient (Wildman–Crippen LogP) is 3.78. The molecule has 2 aromatic rings. The third kappa shape index (κ3) is 4.61. The average Bonchev–Trinajstić information content (AvgIpc) is 2.45. The number of rotatable bonds is 4. The molecule has 0 saturated carbocycles. The van der Waals surface area contributed by atoms with Gasteiger partial charge in [0, 0.05) is 17.9 Å². The van der Waals surface area contributed by atoms with Gasteiger partial charge < -0.3 is 5.73 Å². The van der Waals surface area contributed by atoms with E-state index in [-0.39, 0.29) is 5.69 Å². The number of thioether (sulfide) groups is 1. The molecule has 0 fully saturated rings. The highest BCUT2D eigenvalue weighted by atomic mass is 32.2. The molecule has 2 aromatic carbocycles. The Kier molecular flexibility index (Phi) is 4.94. The molecule has 0 amide bonds. The molecule has 2 rings (SSSR count). The molecular formula is C15H15N3O2S. The third-order valence-corrected chi connectivity index (χ3v) is 3.64. The lowest BCUT2D eigenvalue weighted by Crippen LogP contribution is -2.06. The fourth-order valence-corrected chi connectivity index (χ4v) is 2.41. The highest BCUT2D eigenvalue weighted by Gasteiger charge is 2.04. The first-order valence-corrected chi connectivity index (χ1v) is 7.30. The summed E-state index contributed by atoms with van der Waals surface area (Å²) in [5, 5.41) is 11.0. The maximum atomic E-state index is 10.6. The van der Waals surface area contributed by atoms with Gasteiger partial charge in [0.05, 0.1) is 10.6 Å². The van der Waals surface area contributed by atoms with Crippen molar-refractivity contribution in [3.63, 3.8) is 0 Å². The number of nitro benzene ring substituents is 1. The number of nitro groups is 1. The summed E-state index contributed by atoms with van der Waals surface area (Å²) < 4.78 is 0. The lowest BCUT2D eigenvalue weighted by Gasteiger charge is -2.02. The standard InChI is InChI=1S/C15H15N3O2S/c1-11-3-2-4-13(9-11)17-15(16)21-10-12-5-7-14(8-6-12)18(19)20/h2-9H,10H2,1H3,(H2,16,17). The zero-order valence-electron chi connectivity index (χ0n) is 11.5. The third-order valence-electron chi connectivity index (χ3n) is 2.77. The van der Waals surface area contributed by atoms with E-state index in [0.717, 1.165) is 16.8 Å². The summed E-state index contributed by atoms with van der Waals surface area (Å²) in [6.07, 6.45) is 0. The van der Waals surface area contributed by atoms with Crippen molar-refractivity contribution >= 4 is 28.3 Å². The first-order valence-electron chi connectivity index (χ1n) is 6.31. The molecule has 0 aliphatic carbocycles. The van der Waals surface area contributed by atoms with E-state index in [1.54, 1.807) is 12.1 Å². The van der Waals surface area contributed by atoms with E-state index in [2.05, 4.69) is 4.99 Å². The van der Waals surface area contributed by atoms with Crippen molar-refractivity contribution in [1.82, 2.24) is 0 Å². The van der Waals surface area contributed by atoms with Crippen LogP contribution in [0.25, 0.3) is 0 Å². The number of hydrogen-bond donors (Lipinski definition) is 1. The normalized spacial score (nSPS) is 11.4. The highest BCUT2D eigenvalue weighted by molar-refractivity contribution is 8.13. The lowest BCUT2D eigenvalue weighted by molar-refractivity contribution is -0.384. The summed E-state index contributed by atoms with van der Waals surface area (Å²) in [6, 6.07) is 14.2. The number of non-ortho nitro benzene ring substituents is 1. The summed E-state index contributed by atoms with van der Waals surface area (Å²) in [6.45, 7) is 2.00. The van der Waals surface area contributed by atoms with Gasteiger partial charge in [0.15, 0.2) is 5.17 Å². The number of amidine groups is 1. The molecule has 0 aromatic heterocycles. The van der Waals surface area contributed by atoms with Crippen molar-refractivity contribution in [2.24, 2.45) is 10.7 Å². The average molecular weight is 301 g/mol. The second kappa shape index (κ2) is 6.90. The number of hydrogen-bond acceptors (Lipinski definition) is 4. The van der Waals surface area contributed by atoms with Crippen molar-refractivity contribution in [1.29, 1.82) is 0 Å². The topological polar surface area (TPSA) is 81.5 Å². The molecular weight excluding hydrogens is 286 g/mol. The van der Waals surface area contributed by atoms with E-state index in [1.165, 1.54) is 23.9 Å². The van der Waals surface area contributed by atoms with Crippen molar-refractivity contribution in [2.75, 3.05) is 0 Å². The number of aryl methyl sites for hydroxylation is 1. The fourth-order valence-electron chi connectivity index (χ4n) is 1.73. The number of nitrogens with zero attached hydrogens (tertiary/aromatic N) is 2. The molecule has 0 unspecified atom stereocenters. The minimum absolute atomic E-state index is 0.0881. The number of aliphatic imine (C=N–C) groups is 1. The van der Waals surface area contributed by atoms with Gasteiger partial charge in [-0.1, -0.05) is 36.0 Å². The Bertz CT molecular complexity index is 669. The maximum Gasteiger partial charge on any atom is 0.269 e. The van der Waals surface area contributed by atoms with Crippen LogP contribution in [-0.2, 0) is 5.75 Å². The molecule has 6 heteroatoms. The summed E-state index contributed by atoms with van der Waals surface area (Å²) in [7, 11) is 0. The SMILES string of the molecule is Cc1cccc(N=C(N)SCc2ccc([N+](=O)[O-])cc2)c1. The van der Waals surface area contributed by atoms with Crippen LogP contribution in [0, 0.1) is 17.0 Å². The zero-order valence-corrected chi connectivity index (χ0v) is 12.3. The first-order chi connectivity index (χ1) is 10.0. The van der Waals surface area contributed by atoms with E-state index < -0.39 is 4.92 Å². The van der Waals surface area contributed by atoms with Crippen molar-refractivity contribution in [3.8, 4) is 0 Å². The Hall–Kier alpha value is -2.34. The van der Waals surface area contributed by atoms with Gasteiger partial charge >= 0.3 is 0 Å². The summed E-state index contributed by atoms with van der Waals surface area (Å²) in [4.78, 5) is 14.5. The van der Waals surface area contributed by atoms with Gasteiger partial charge in [0.2, 0.25) is 0 Å². The first kappa shape index (κ1) is 15.1. The number of benzene rings is 2. The summed E-state index contributed by atoms with van der Waals surface area (Å²) in [5.41, 5.74) is 8.89. The molecule has 2 N–H and O–H groups in total. The minimum Gasteiger partial charge on any atom is -0.378 e. The molecule has 0 spiro atoms. The quantitative estimate of drug-likeness (QED) is 0.403. The Morgan fingerprint density at radius 3 is 2.62 bits per heavy atom. The van der Waals surface area contributed by atoms with E-state index in [1.807, 2.05) is 31.2 Å². The maximum absolute atomic E-state index is 10.6. The van der Waals surface area contributed by atoms with Gasteiger partial charge in [-0.15, -0.1) is 0 Å². The van der Waals surface area contributed by atoms with Crippen LogP contribution in [-0.4, -0.2) is 10.1 Å². The second-order valence-corrected chi connectivity index (χ2v) is 5.50. The molecule has 0 bridgehead atoms. The Morgan fingerprint density at radius 1 is 1.29 bits per heavy atom. The van der Waals surface area contributed by atoms with Gasteiger partial charge in [0.25, 0.3) is 5.69 Å². The summed E-state index contributed by atoms with van der Waals surface area (Å²) >= 11 is 1.40. The van der Waals surface area contributed by atoms with Gasteiger partial charge in [-0.25, -0.2) is 4.99 Å². The van der Waals surface area contributed by atoms with Gasteiger partial charge in [-0.05, 0) is 30.2 Å². The monoisotopic (exact) mass is 301 g/mol. The largest absolute Gasteiger partial charge is 0.378 e. The van der Waals surface area contributed by atoms with Crippen LogP contribution in [0.1, 0.15) is 11.1 Å². The van der Waals surface area contributed by atoms with E-state index in [9.17, 15) is 10.1 Å². The lowest BCUT2D eigenvalue weighted by atomic mass is 10.2. The molecule has 5 nitrogen and oxygen atoms in total. The minimum atomic E-state index is -0.412. The van der Waals surface area contributed by atoms with Gasteiger partial charge in [-0.3, -0.25) is 10.1 Å². The smallest absolute Gasteiger partial charge is 0.269 e. The van der Waals surface area contributed by atoms with Gasteiger partial charge in [0.1, 0.15) is 0 Å². The van der Waals surface area contributed by atoms with Crippen LogP contribution in [0.4, 0.5) is 11.4 Å². The summed E-state index contributed by atoms with van der Waals surface area (Å²) in [5.74, 6) is 0.624. The van der Waals surface area contributed by atoms with Crippen LogP contribution in [0.15, 0.2) is 53.5 Å². The Balaban J connectivity index is 1.97. The van der Waals surface area contributed by atoms with Crippen LogP contribution in [0.3, 0.4) is 0 Å². The highest BCUT2D eigenvalue weighted by Crippen LogP contribution is 2.19. The van der Waals surface area contributed by atoms with Crippen LogP contribution >= 0.6 is 11.8 Å². The molecule has 0 aliphatic heterocycles. The van der Waals surface area contributed by atoms with E-state index in [0.29, 0.717) is 10.9 Å².